The number of nitrogens with zero attached hydrogens (tertiary/aromatic N) is 2. The summed E-state index contributed by atoms with van der Waals surface area (Å²) >= 11 is 0. The number of carbonyl (C=O) groups is 1. The van der Waals surface area contributed by atoms with Crippen LogP contribution in [0.5, 0.6) is 0 Å². The highest BCUT2D eigenvalue weighted by molar-refractivity contribution is 5.98. The molecule has 1 aliphatic rings. The van der Waals surface area contributed by atoms with Gasteiger partial charge in [-0.25, -0.2) is 0 Å². The summed E-state index contributed by atoms with van der Waals surface area (Å²) in [6, 6.07) is 6.03. The first-order chi connectivity index (χ1) is 9.30. The van der Waals surface area contributed by atoms with Crippen LogP contribution in [0.2, 0.25) is 0 Å². The van der Waals surface area contributed by atoms with Crippen molar-refractivity contribution in [1.29, 1.82) is 0 Å². The maximum absolute atomic E-state index is 12.5. The maximum Gasteiger partial charge on any atom is 0.282 e. The van der Waals surface area contributed by atoms with E-state index in [1.54, 1.807) is 17.0 Å². The molecule has 1 amide bonds. The lowest BCUT2D eigenvalue weighted by Gasteiger charge is -2.41. The molecule has 6 heteroatoms. The van der Waals surface area contributed by atoms with E-state index < -0.39 is 10.5 Å². The molecule has 1 atom stereocenters. The molecule has 20 heavy (non-hydrogen) atoms. The number of carbonyl (C=O) groups excluding carboxylic acids is 1. The molecular formula is C14H18N2O4. The summed E-state index contributed by atoms with van der Waals surface area (Å²) in [6.07, 6.45) is -0.0922. The maximum atomic E-state index is 12.5. The molecule has 1 aromatic carbocycles. The van der Waals surface area contributed by atoms with Gasteiger partial charge in [0.2, 0.25) is 0 Å². The van der Waals surface area contributed by atoms with Gasteiger partial charge in [-0.1, -0.05) is 12.1 Å². The van der Waals surface area contributed by atoms with Crippen molar-refractivity contribution < 1.29 is 14.5 Å². The molecule has 0 saturated carbocycles. The highest BCUT2D eigenvalue weighted by atomic mass is 16.6. The van der Waals surface area contributed by atoms with E-state index in [-0.39, 0.29) is 23.3 Å². The number of nitro groups is 1. The molecule has 0 spiro atoms. The lowest BCUT2D eigenvalue weighted by atomic mass is 10.0. The zero-order chi connectivity index (χ0) is 14.9. The van der Waals surface area contributed by atoms with Gasteiger partial charge in [0, 0.05) is 19.2 Å². The van der Waals surface area contributed by atoms with Crippen LogP contribution in [0.3, 0.4) is 0 Å². The molecule has 1 saturated heterocycles. The van der Waals surface area contributed by atoms with Crippen LogP contribution in [0.4, 0.5) is 5.69 Å². The molecule has 1 aliphatic heterocycles. The highest BCUT2D eigenvalue weighted by Gasteiger charge is 2.35. The smallest absolute Gasteiger partial charge is 0.282 e. The number of amides is 1. The topological polar surface area (TPSA) is 72.7 Å². The van der Waals surface area contributed by atoms with Crippen LogP contribution in [-0.4, -0.2) is 40.5 Å². The van der Waals surface area contributed by atoms with Crippen LogP contribution in [0.1, 0.15) is 31.1 Å². The molecule has 0 N–H and O–H groups in total. The number of morpholine rings is 1. The first kappa shape index (κ1) is 14.5. The van der Waals surface area contributed by atoms with Gasteiger partial charge in [0.05, 0.1) is 16.6 Å². The second-order valence-corrected chi connectivity index (χ2v) is 5.65. The minimum Gasteiger partial charge on any atom is -0.369 e. The summed E-state index contributed by atoms with van der Waals surface area (Å²) in [4.78, 5) is 24.6. The molecule has 1 unspecified atom stereocenters. The minimum atomic E-state index is -0.526. The molecule has 6 nitrogen and oxygen atoms in total. The average Bonchev–Trinajstić information content (AvgIpc) is 2.35. The molecule has 1 fully saturated rings. The first-order valence-electron chi connectivity index (χ1n) is 6.51. The fraction of sp³-hybridized carbons (Fsp3) is 0.500. The molecule has 2 rings (SSSR count). The van der Waals surface area contributed by atoms with Gasteiger partial charge in [-0.2, -0.15) is 0 Å². The van der Waals surface area contributed by atoms with E-state index in [1.807, 2.05) is 20.8 Å². The van der Waals surface area contributed by atoms with E-state index in [2.05, 4.69) is 0 Å². The Kier molecular flexibility index (Phi) is 3.76. The number of ether oxygens (including phenoxy) is 1. The fourth-order valence-electron chi connectivity index (χ4n) is 2.59. The van der Waals surface area contributed by atoms with Gasteiger partial charge in [-0.3, -0.25) is 14.9 Å². The number of hydrogen-bond acceptors (Lipinski definition) is 4. The monoisotopic (exact) mass is 278 g/mol. The quantitative estimate of drug-likeness (QED) is 0.614. The van der Waals surface area contributed by atoms with E-state index in [1.165, 1.54) is 12.1 Å². The van der Waals surface area contributed by atoms with Crippen molar-refractivity contribution in [3.05, 3.63) is 39.9 Å². The van der Waals surface area contributed by atoms with Gasteiger partial charge < -0.3 is 9.64 Å². The third-order valence-corrected chi connectivity index (χ3v) is 3.19. The summed E-state index contributed by atoms with van der Waals surface area (Å²) in [7, 11) is 0. The van der Waals surface area contributed by atoms with Gasteiger partial charge in [0.1, 0.15) is 5.56 Å². The summed E-state index contributed by atoms with van der Waals surface area (Å²) in [6.45, 7) is 6.56. The van der Waals surface area contributed by atoms with Crippen molar-refractivity contribution in [2.45, 2.75) is 32.5 Å². The van der Waals surface area contributed by atoms with Gasteiger partial charge in [-0.05, 0) is 26.8 Å². The van der Waals surface area contributed by atoms with E-state index in [0.717, 1.165) is 0 Å². The Hall–Kier alpha value is -1.95. The lowest BCUT2D eigenvalue weighted by molar-refractivity contribution is -0.385. The second-order valence-electron chi connectivity index (χ2n) is 5.65. The predicted octanol–water partition coefficient (Wildman–Crippen LogP) is 2.23. The number of benzene rings is 1. The first-order valence-corrected chi connectivity index (χ1v) is 6.51. The summed E-state index contributed by atoms with van der Waals surface area (Å²) in [5.74, 6) is -0.319. The normalized spacial score (nSPS) is 21.6. The molecule has 108 valence electrons. The van der Waals surface area contributed by atoms with Crippen LogP contribution in [0.25, 0.3) is 0 Å². The molecule has 0 aromatic heterocycles. The fourth-order valence-corrected chi connectivity index (χ4v) is 2.59. The third-order valence-electron chi connectivity index (χ3n) is 3.19. The standard InChI is InChI=1S/C14H18N2O4/c1-10-8-15(9-14(2,3)20-10)13(17)11-6-4-5-7-12(11)16(18)19/h4-7,10H,8-9H2,1-3H3. The Morgan fingerprint density at radius 3 is 2.70 bits per heavy atom. The number of nitro benzene ring substituents is 1. The lowest BCUT2D eigenvalue weighted by Crippen LogP contribution is -2.53. The van der Waals surface area contributed by atoms with Gasteiger partial charge in [0.25, 0.3) is 11.6 Å². The molecule has 1 heterocycles. The van der Waals surface area contributed by atoms with Crippen LogP contribution in [-0.2, 0) is 4.74 Å². The largest absolute Gasteiger partial charge is 0.369 e. The highest BCUT2D eigenvalue weighted by Crippen LogP contribution is 2.25. The van der Waals surface area contributed by atoms with Crippen molar-refractivity contribution in [2.24, 2.45) is 0 Å². The summed E-state index contributed by atoms with van der Waals surface area (Å²) < 4.78 is 5.74. The Bertz CT molecular complexity index is 542. The van der Waals surface area contributed by atoms with Crippen LogP contribution >= 0.6 is 0 Å². The van der Waals surface area contributed by atoms with Crippen molar-refractivity contribution in [3.63, 3.8) is 0 Å². The van der Waals surface area contributed by atoms with Gasteiger partial charge >= 0.3 is 0 Å². The van der Waals surface area contributed by atoms with E-state index in [4.69, 9.17) is 4.74 Å². The zero-order valence-electron chi connectivity index (χ0n) is 11.8. The Morgan fingerprint density at radius 1 is 1.45 bits per heavy atom. The predicted molar refractivity (Wildman–Crippen MR) is 73.6 cm³/mol. The van der Waals surface area contributed by atoms with E-state index in [0.29, 0.717) is 13.1 Å². The SMILES string of the molecule is CC1CN(C(=O)c2ccccc2[N+](=O)[O-])CC(C)(C)O1. The molecule has 1 aromatic rings. The van der Waals surface area contributed by atoms with Crippen LogP contribution < -0.4 is 0 Å². The van der Waals surface area contributed by atoms with Crippen molar-refractivity contribution in [2.75, 3.05) is 13.1 Å². The van der Waals surface area contributed by atoms with E-state index >= 15 is 0 Å². The minimum absolute atomic E-state index is 0.0922. The molecule has 0 radical (unpaired) electrons. The van der Waals surface area contributed by atoms with Crippen molar-refractivity contribution in [1.82, 2.24) is 4.90 Å². The zero-order valence-corrected chi connectivity index (χ0v) is 11.8. The second kappa shape index (κ2) is 5.20. The molecule has 0 aliphatic carbocycles. The number of hydrogen-bond donors (Lipinski definition) is 0. The van der Waals surface area contributed by atoms with E-state index in [9.17, 15) is 14.9 Å². The average molecular weight is 278 g/mol. The van der Waals surface area contributed by atoms with Crippen molar-refractivity contribution in [3.8, 4) is 0 Å². The number of rotatable bonds is 2. The third kappa shape index (κ3) is 2.96. The molecule has 0 bridgehead atoms. The van der Waals surface area contributed by atoms with Crippen molar-refractivity contribution >= 4 is 11.6 Å². The van der Waals surface area contributed by atoms with Crippen LogP contribution in [0, 0.1) is 10.1 Å². The van der Waals surface area contributed by atoms with Gasteiger partial charge in [-0.15, -0.1) is 0 Å². The summed E-state index contributed by atoms with van der Waals surface area (Å²) in [5.41, 5.74) is -0.478. The van der Waals surface area contributed by atoms with Crippen LogP contribution in [0.15, 0.2) is 24.3 Å². The Morgan fingerprint density at radius 2 is 2.10 bits per heavy atom. The molecular weight excluding hydrogens is 260 g/mol. The Labute approximate surface area is 117 Å². The van der Waals surface area contributed by atoms with Gasteiger partial charge in [0.15, 0.2) is 0 Å². The number of para-hydroxylation sites is 1. The summed E-state index contributed by atoms with van der Waals surface area (Å²) in [5, 5.41) is 11.0. The Balaban J connectivity index is 2.30.